The molecule has 1 saturated heterocycles. The second-order valence-corrected chi connectivity index (χ2v) is 7.27. The van der Waals surface area contributed by atoms with Crippen molar-refractivity contribution in [2.75, 3.05) is 26.7 Å². The molecule has 1 heterocycles. The standard InChI is InChI=1S/C17H32N4O.HI/c1-18-17(19-11-16(22)13-5-3-2-4-6-13)20-14-9-10-21(12-14)15-7-8-15;/h13-16,22H,2-12H2,1H3,(H2,18,19,20);1H. The minimum absolute atomic E-state index is 0. The van der Waals surface area contributed by atoms with E-state index in [0.29, 0.717) is 18.5 Å². The number of rotatable bonds is 5. The summed E-state index contributed by atoms with van der Waals surface area (Å²) in [5, 5.41) is 17.2. The molecule has 23 heavy (non-hydrogen) atoms. The Kier molecular flexibility index (Phi) is 7.88. The predicted molar refractivity (Wildman–Crippen MR) is 105 cm³/mol. The maximum absolute atomic E-state index is 10.3. The SMILES string of the molecule is CN=C(NCC(O)C1CCCCC1)NC1CCN(C2CC2)C1.I. The van der Waals surface area contributed by atoms with E-state index in [1.807, 2.05) is 7.05 Å². The Balaban J connectivity index is 0.00000192. The lowest BCUT2D eigenvalue weighted by atomic mass is 9.85. The van der Waals surface area contributed by atoms with Gasteiger partial charge in [0.05, 0.1) is 6.10 Å². The van der Waals surface area contributed by atoms with Gasteiger partial charge in [-0.25, -0.2) is 0 Å². The molecule has 0 aromatic rings. The summed E-state index contributed by atoms with van der Waals surface area (Å²) >= 11 is 0. The van der Waals surface area contributed by atoms with Crippen LogP contribution in [0.1, 0.15) is 51.4 Å². The first-order valence-corrected chi connectivity index (χ1v) is 9.15. The largest absolute Gasteiger partial charge is 0.391 e. The van der Waals surface area contributed by atoms with Gasteiger partial charge in [0.1, 0.15) is 0 Å². The van der Waals surface area contributed by atoms with Crippen molar-refractivity contribution in [3.05, 3.63) is 0 Å². The molecule has 0 spiro atoms. The van der Waals surface area contributed by atoms with Crippen LogP contribution >= 0.6 is 24.0 Å². The molecule has 3 aliphatic rings. The fourth-order valence-electron chi connectivity index (χ4n) is 3.95. The average molecular weight is 436 g/mol. The number of halogens is 1. The third-order valence-corrected chi connectivity index (χ3v) is 5.52. The average Bonchev–Trinajstić information content (AvgIpc) is 3.31. The molecule has 3 N–H and O–H groups in total. The van der Waals surface area contributed by atoms with Crippen molar-refractivity contribution in [3.63, 3.8) is 0 Å². The lowest BCUT2D eigenvalue weighted by molar-refractivity contribution is 0.0879. The maximum Gasteiger partial charge on any atom is 0.191 e. The van der Waals surface area contributed by atoms with Gasteiger partial charge in [-0.2, -0.15) is 0 Å². The molecule has 2 unspecified atom stereocenters. The number of hydrogen-bond donors (Lipinski definition) is 3. The van der Waals surface area contributed by atoms with E-state index in [1.54, 1.807) is 0 Å². The van der Waals surface area contributed by atoms with Crippen LogP contribution in [0.15, 0.2) is 4.99 Å². The first kappa shape index (κ1) is 19.2. The van der Waals surface area contributed by atoms with Gasteiger partial charge in [0, 0.05) is 38.8 Å². The molecule has 134 valence electrons. The minimum atomic E-state index is -0.245. The summed E-state index contributed by atoms with van der Waals surface area (Å²) in [4.78, 5) is 6.92. The van der Waals surface area contributed by atoms with Crippen molar-refractivity contribution in [1.82, 2.24) is 15.5 Å². The molecule has 2 aliphatic carbocycles. The van der Waals surface area contributed by atoms with Crippen LogP contribution in [-0.4, -0.2) is 60.8 Å². The van der Waals surface area contributed by atoms with Gasteiger partial charge in [0.15, 0.2) is 5.96 Å². The number of likely N-dealkylation sites (tertiary alicyclic amines) is 1. The molecule has 0 aromatic heterocycles. The summed E-state index contributed by atoms with van der Waals surface area (Å²) in [5.74, 6) is 1.31. The number of aliphatic hydroxyl groups excluding tert-OH is 1. The molecule has 0 bridgehead atoms. The van der Waals surface area contributed by atoms with Gasteiger partial charge < -0.3 is 15.7 Å². The van der Waals surface area contributed by atoms with Crippen molar-refractivity contribution in [3.8, 4) is 0 Å². The van der Waals surface area contributed by atoms with E-state index in [2.05, 4.69) is 20.5 Å². The number of nitrogens with one attached hydrogen (secondary N) is 2. The molecule has 6 heteroatoms. The number of aliphatic hydroxyl groups is 1. The van der Waals surface area contributed by atoms with Gasteiger partial charge in [-0.3, -0.25) is 9.89 Å². The van der Waals surface area contributed by atoms with E-state index < -0.39 is 0 Å². The maximum atomic E-state index is 10.3. The smallest absolute Gasteiger partial charge is 0.191 e. The second kappa shape index (κ2) is 9.42. The predicted octanol–water partition coefficient (Wildman–Crippen LogP) is 1.95. The fraction of sp³-hybridized carbons (Fsp3) is 0.941. The summed E-state index contributed by atoms with van der Waals surface area (Å²) < 4.78 is 0. The monoisotopic (exact) mass is 436 g/mol. The van der Waals surface area contributed by atoms with Crippen molar-refractivity contribution < 1.29 is 5.11 Å². The molecule has 0 amide bonds. The van der Waals surface area contributed by atoms with E-state index >= 15 is 0 Å². The number of guanidine groups is 1. The summed E-state index contributed by atoms with van der Waals surface area (Å²) in [7, 11) is 1.82. The first-order chi connectivity index (χ1) is 10.8. The van der Waals surface area contributed by atoms with Crippen molar-refractivity contribution in [1.29, 1.82) is 0 Å². The van der Waals surface area contributed by atoms with E-state index in [0.717, 1.165) is 18.5 Å². The lowest BCUT2D eigenvalue weighted by Gasteiger charge is -2.27. The lowest BCUT2D eigenvalue weighted by Crippen LogP contribution is -2.47. The zero-order chi connectivity index (χ0) is 15.4. The van der Waals surface area contributed by atoms with Crippen LogP contribution in [-0.2, 0) is 0 Å². The Hall–Kier alpha value is -0.0800. The van der Waals surface area contributed by atoms with Crippen molar-refractivity contribution >= 4 is 29.9 Å². The van der Waals surface area contributed by atoms with E-state index in [-0.39, 0.29) is 30.1 Å². The molecule has 3 fully saturated rings. The molecule has 2 atom stereocenters. The summed E-state index contributed by atoms with van der Waals surface area (Å²) in [6.45, 7) is 2.96. The van der Waals surface area contributed by atoms with Crippen LogP contribution in [0.3, 0.4) is 0 Å². The van der Waals surface area contributed by atoms with E-state index in [9.17, 15) is 5.11 Å². The number of hydrogen-bond acceptors (Lipinski definition) is 3. The summed E-state index contributed by atoms with van der Waals surface area (Å²) in [6.07, 6.45) is 9.94. The molecular weight excluding hydrogens is 403 g/mol. The van der Waals surface area contributed by atoms with E-state index in [1.165, 1.54) is 57.9 Å². The molecular formula is C17H33IN4O. The van der Waals surface area contributed by atoms with Gasteiger partial charge in [-0.1, -0.05) is 19.3 Å². The highest BCUT2D eigenvalue weighted by molar-refractivity contribution is 14.0. The van der Waals surface area contributed by atoms with Gasteiger partial charge in [0.2, 0.25) is 0 Å². The Morgan fingerprint density at radius 2 is 1.91 bits per heavy atom. The van der Waals surface area contributed by atoms with Crippen molar-refractivity contribution in [2.24, 2.45) is 10.9 Å². The van der Waals surface area contributed by atoms with E-state index in [4.69, 9.17) is 0 Å². The quantitative estimate of drug-likeness (QED) is 0.350. The third-order valence-electron chi connectivity index (χ3n) is 5.52. The zero-order valence-electron chi connectivity index (χ0n) is 14.3. The Morgan fingerprint density at radius 3 is 2.57 bits per heavy atom. The number of aliphatic imine (C=N–C) groups is 1. The molecule has 5 nitrogen and oxygen atoms in total. The highest BCUT2D eigenvalue weighted by atomic mass is 127. The topological polar surface area (TPSA) is 59.9 Å². The Bertz CT molecular complexity index is 383. The van der Waals surface area contributed by atoms with Crippen LogP contribution in [0.2, 0.25) is 0 Å². The molecule has 0 radical (unpaired) electrons. The van der Waals surface area contributed by atoms with Crippen molar-refractivity contribution in [2.45, 2.75) is 69.6 Å². The van der Waals surface area contributed by atoms with Gasteiger partial charge in [-0.15, -0.1) is 24.0 Å². The highest BCUT2D eigenvalue weighted by Gasteiger charge is 2.34. The Labute approximate surface area is 157 Å². The summed E-state index contributed by atoms with van der Waals surface area (Å²) in [5.41, 5.74) is 0. The minimum Gasteiger partial charge on any atom is -0.391 e. The summed E-state index contributed by atoms with van der Waals surface area (Å²) in [6, 6.07) is 1.36. The second-order valence-electron chi connectivity index (χ2n) is 7.27. The third kappa shape index (κ3) is 5.74. The normalized spacial score (nSPS) is 28.3. The van der Waals surface area contributed by atoms with Gasteiger partial charge in [-0.05, 0) is 38.0 Å². The molecule has 2 saturated carbocycles. The van der Waals surface area contributed by atoms with Gasteiger partial charge in [0.25, 0.3) is 0 Å². The van der Waals surface area contributed by atoms with Crippen LogP contribution in [0.4, 0.5) is 0 Å². The van der Waals surface area contributed by atoms with Crippen LogP contribution < -0.4 is 10.6 Å². The van der Waals surface area contributed by atoms with Crippen LogP contribution in [0.5, 0.6) is 0 Å². The number of nitrogens with zero attached hydrogens (tertiary/aromatic N) is 2. The Morgan fingerprint density at radius 1 is 1.17 bits per heavy atom. The molecule has 0 aromatic carbocycles. The zero-order valence-corrected chi connectivity index (χ0v) is 16.7. The van der Waals surface area contributed by atoms with Gasteiger partial charge >= 0.3 is 0 Å². The fourth-order valence-corrected chi connectivity index (χ4v) is 3.95. The molecule has 1 aliphatic heterocycles. The van der Waals surface area contributed by atoms with Crippen LogP contribution in [0.25, 0.3) is 0 Å². The van der Waals surface area contributed by atoms with Crippen LogP contribution in [0, 0.1) is 5.92 Å². The highest BCUT2D eigenvalue weighted by Crippen LogP contribution is 2.29. The molecule has 3 rings (SSSR count). The first-order valence-electron chi connectivity index (χ1n) is 9.15.